The lowest BCUT2D eigenvalue weighted by Crippen LogP contribution is -2.15. The van der Waals surface area contributed by atoms with Crippen LogP contribution in [0.5, 0.6) is 17.2 Å². The lowest BCUT2D eigenvalue weighted by atomic mass is 9.90. The smallest absolute Gasteiger partial charge is 0.304 e. The summed E-state index contributed by atoms with van der Waals surface area (Å²) in [5.41, 5.74) is 7.15. The highest BCUT2D eigenvalue weighted by Crippen LogP contribution is 2.45. The van der Waals surface area contributed by atoms with E-state index in [0.717, 1.165) is 38.9 Å². The van der Waals surface area contributed by atoms with Crippen molar-refractivity contribution in [3.8, 4) is 28.4 Å². The molecule has 1 aliphatic heterocycles. The first kappa shape index (κ1) is 27.6. The molecule has 4 aromatic rings. The molecule has 0 saturated heterocycles. The molecular formula is C34H32FNO6. The predicted molar refractivity (Wildman–Crippen MR) is 156 cm³/mol. The van der Waals surface area contributed by atoms with Crippen molar-refractivity contribution in [3.63, 3.8) is 0 Å². The molecule has 0 spiro atoms. The second-order valence-electron chi connectivity index (χ2n) is 11.1. The Labute approximate surface area is 243 Å². The maximum atomic E-state index is 15.3. The van der Waals surface area contributed by atoms with E-state index in [-0.39, 0.29) is 30.3 Å². The summed E-state index contributed by atoms with van der Waals surface area (Å²) in [6.45, 7) is 4.65. The zero-order chi connectivity index (χ0) is 29.5. The first-order valence-electron chi connectivity index (χ1n) is 14.0. The van der Waals surface area contributed by atoms with Crippen LogP contribution in [0.3, 0.4) is 0 Å². The van der Waals surface area contributed by atoms with E-state index in [1.54, 1.807) is 25.4 Å². The molecule has 42 heavy (non-hydrogen) atoms. The lowest BCUT2D eigenvalue weighted by Gasteiger charge is -2.19. The Morgan fingerprint density at radius 3 is 2.60 bits per heavy atom. The fourth-order valence-electron chi connectivity index (χ4n) is 6.18. The maximum Gasteiger partial charge on any atom is 0.304 e. The molecule has 0 amide bonds. The Balaban J connectivity index is 1.24. The van der Waals surface area contributed by atoms with E-state index in [9.17, 15) is 9.59 Å². The maximum absolute atomic E-state index is 15.3. The molecule has 0 fully saturated rings. The van der Waals surface area contributed by atoms with Crippen LogP contribution in [0.4, 0.5) is 4.39 Å². The fraction of sp³-hybridized carbons (Fsp3) is 0.294. The minimum atomic E-state index is -0.862. The third kappa shape index (κ3) is 5.24. The normalized spacial score (nSPS) is 17.0. The Kier molecular flexibility index (Phi) is 7.22. The van der Waals surface area contributed by atoms with Gasteiger partial charge in [0.05, 0.1) is 13.0 Å². The van der Waals surface area contributed by atoms with Crippen LogP contribution in [0.2, 0.25) is 0 Å². The summed E-state index contributed by atoms with van der Waals surface area (Å²) in [5.74, 6) is 0.554. The third-order valence-corrected chi connectivity index (χ3v) is 8.20. The molecular weight excluding hydrogens is 537 g/mol. The van der Waals surface area contributed by atoms with Crippen LogP contribution in [-0.2, 0) is 24.9 Å². The number of aryl methyl sites for hydroxylation is 3. The lowest BCUT2D eigenvalue weighted by molar-refractivity contribution is -0.137. The van der Waals surface area contributed by atoms with Gasteiger partial charge in [0.2, 0.25) is 0 Å². The van der Waals surface area contributed by atoms with Crippen molar-refractivity contribution in [2.24, 2.45) is 7.05 Å². The number of rotatable bonds is 8. The Bertz CT molecular complexity index is 1740. The highest BCUT2D eigenvalue weighted by molar-refractivity contribution is 5.76. The van der Waals surface area contributed by atoms with E-state index in [2.05, 4.69) is 0 Å². The summed E-state index contributed by atoms with van der Waals surface area (Å²) in [4.78, 5) is 23.1. The molecule has 0 radical (unpaired) electrons. The number of halogens is 1. The molecule has 2 heterocycles. The Hall–Kier alpha value is -4.59. The van der Waals surface area contributed by atoms with E-state index in [0.29, 0.717) is 42.3 Å². The number of ether oxygens (including phenoxy) is 3. The molecule has 8 heteroatoms. The van der Waals surface area contributed by atoms with Gasteiger partial charge in [-0.15, -0.1) is 0 Å². The number of aliphatic carboxylic acids is 1. The molecule has 0 bridgehead atoms. The molecule has 6 rings (SSSR count). The molecule has 2 atom stereocenters. The van der Waals surface area contributed by atoms with E-state index in [1.165, 1.54) is 10.6 Å². The number of hydrogen-bond donors (Lipinski definition) is 1. The van der Waals surface area contributed by atoms with Crippen LogP contribution in [0, 0.1) is 19.7 Å². The van der Waals surface area contributed by atoms with Gasteiger partial charge in [0, 0.05) is 42.4 Å². The zero-order valence-electron chi connectivity index (χ0n) is 23.8. The summed E-state index contributed by atoms with van der Waals surface area (Å²) in [6, 6.07) is 16.2. The second kappa shape index (κ2) is 11.0. The van der Waals surface area contributed by atoms with Crippen LogP contribution in [0.25, 0.3) is 11.1 Å². The van der Waals surface area contributed by atoms with Crippen molar-refractivity contribution in [2.45, 2.75) is 51.7 Å². The topological polar surface area (TPSA) is 87.0 Å². The highest BCUT2D eigenvalue weighted by Gasteiger charge is 2.32. The monoisotopic (exact) mass is 569 g/mol. The number of hydrogen-bond acceptors (Lipinski definition) is 5. The summed E-state index contributed by atoms with van der Waals surface area (Å²) < 4.78 is 34.9. The quantitative estimate of drug-likeness (QED) is 0.264. The third-order valence-electron chi connectivity index (χ3n) is 8.20. The Morgan fingerprint density at radius 2 is 1.86 bits per heavy atom. The SMILES string of the molecule is Cc1cc(OCc2ccn(C)c(=O)c2)cc(C)c1-c1ccc(F)c2c1CC[C@H]2Oc1ccc2c(c1)OCC2CC(=O)O. The van der Waals surface area contributed by atoms with Crippen molar-refractivity contribution in [1.82, 2.24) is 4.57 Å². The first-order chi connectivity index (χ1) is 20.2. The average molecular weight is 570 g/mol. The number of aromatic nitrogens is 1. The molecule has 2 aliphatic rings. The molecule has 1 N–H and O–H groups in total. The molecule has 1 unspecified atom stereocenters. The molecule has 216 valence electrons. The number of nitrogens with zero attached hydrogens (tertiary/aromatic N) is 1. The van der Waals surface area contributed by atoms with Crippen molar-refractivity contribution < 1.29 is 28.5 Å². The highest BCUT2D eigenvalue weighted by atomic mass is 19.1. The van der Waals surface area contributed by atoms with Gasteiger partial charge < -0.3 is 23.9 Å². The van der Waals surface area contributed by atoms with E-state index in [4.69, 9.17) is 19.3 Å². The summed E-state index contributed by atoms with van der Waals surface area (Å²) in [6.07, 6.45) is 2.60. The average Bonchev–Trinajstić information content (AvgIpc) is 3.54. The van der Waals surface area contributed by atoms with Gasteiger partial charge in [0.1, 0.15) is 35.8 Å². The van der Waals surface area contributed by atoms with Gasteiger partial charge in [0.15, 0.2) is 0 Å². The molecule has 7 nitrogen and oxygen atoms in total. The summed E-state index contributed by atoms with van der Waals surface area (Å²) in [7, 11) is 1.71. The van der Waals surface area contributed by atoms with E-state index in [1.807, 2.05) is 50.2 Å². The van der Waals surface area contributed by atoms with Crippen LogP contribution in [0.15, 0.2) is 65.6 Å². The van der Waals surface area contributed by atoms with Gasteiger partial charge in [-0.3, -0.25) is 9.59 Å². The largest absolute Gasteiger partial charge is 0.492 e. The van der Waals surface area contributed by atoms with Gasteiger partial charge in [-0.05, 0) is 90.4 Å². The van der Waals surface area contributed by atoms with Crippen molar-refractivity contribution in [2.75, 3.05) is 6.61 Å². The van der Waals surface area contributed by atoms with Crippen molar-refractivity contribution >= 4 is 5.97 Å². The molecule has 1 aromatic heterocycles. The van der Waals surface area contributed by atoms with Crippen LogP contribution < -0.4 is 19.8 Å². The summed E-state index contributed by atoms with van der Waals surface area (Å²) >= 11 is 0. The van der Waals surface area contributed by atoms with Crippen LogP contribution in [0.1, 0.15) is 58.2 Å². The number of benzene rings is 3. The van der Waals surface area contributed by atoms with E-state index >= 15 is 4.39 Å². The molecule has 1 aliphatic carbocycles. The van der Waals surface area contributed by atoms with Gasteiger partial charge in [-0.2, -0.15) is 0 Å². The number of carboxylic acids is 1. The van der Waals surface area contributed by atoms with Crippen LogP contribution >= 0.6 is 0 Å². The van der Waals surface area contributed by atoms with Crippen LogP contribution in [-0.4, -0.2) is 22.2 Å². The fourth-order valence-corrected chi connectivity index (χ4v) is 6.18. The second-order valence-corrected chi connectivity index (χ2v) is 11.1. The number of carbonyl (C=O) groups is 1. The number of carboxylic acid groups (broad SMARTS) is 1. The molecule has 0 saturated carbocycles. The van der Waals surface area contributed by atoms with Gasteiger partial charge in [-0.25, -0.2) is 4.39 Å². The predicted octanol–water partition coefficient (Wildman–Crippen LogP) is 6.40. The van der Waals surface area contributed by atoms with Gasteiger partial charge in [-0.1, -0.05) is 12.1 Å². The minimum Gasteiger partial charge on any atom is -0.492 e. The number of pyridine rings is 1. The molecule has 3 aromatic carbocycles. The van der Waals surface area contributed by atoms with E-state index < -0.39 is 12.1 Å². The number of fused-ring (bicyclic) bond motifs is 2. The first-order valence-corrected chi connectivity index (χ1v) is 14.0. The Morgan fingerprint density at radius 1 is 1.07 bits per heavy atom. The van der Waals surface area contributed by atoms with Gasteiger partial charge in [0.25, 0.3) is 5.56 Å². The summed E-state index contributed by atoms with van der Waals surface area (Å²) in [5, 5.41) is 9.17. The van der Waals surface area contributed by atoms with Crippen molar-refractivity contribution in [1.29, 1.82) is 0 Å². The standard InChI is InChI=1S/C34H32FNO6/c1-19-12-24(40-17-21-10-11-36(3)31(37)14-21)13-20(2)33(19)26-6-8-28(35)34-27(26)7-9-29(34)42-23-4-5-25-22(15-32(38)39)18-41-30(25)16-23/h4-6,8,10-14,16,22,29H,7,9,15,17-18H2,1-3H3,(H,38,39)/t22?,29-/m1/s1. The van der Waals surface area contributed by atoms with Gasteiger partial charge >= 0.3 is 5.97 Å². The zero-order valence-corrected chi connectivity index (χ0v) is 23.8. The minimum absolute atomic E-state index is 0.0113. The van der Waals surface area contributed by atoms with Crippen molar-refractivity contribution in [3.05, 3.63) is 110 Å².